The van der Waals surface area contributed by atoms with Crippen LogP contribution in [0.1, 0.15) is 29.6 Å². The van der Waals surface area contributed by atoms with E-state index in [9.17, 15) is 4.79 Å². The Morgan fingerprint density at radius 1 is 1.47 bits per heavy atom. The number of nitrogens with zero attached hydrogens (tertiary/aromatic N) is 1. The molecule has 1 aliphatic rings. The van der Waals surface area contributed by atoms with Crippen LogP contribution >= 0.6 is 0 Å². The number of benzene rings is 1. The molecule has 0 aromatic heterocycles. The van der Waals surface area contributed by atoms with Crippen molar-refractivity contribution in [2.24, 2.45) is 5.73 Å². The van der Waals surface area contributed by atoms with Gasteiger partial charge in [0, 0.05) is 31.6 Å². The van der Waals surface area contributed by atoms with Gasteiger partial charge in [-0.25, -0.2) is 0 Å². The molecule has 5 heteroatoms. The predicted octanol–water partition coefficient (Wildman–Crippen LogP) is 1.37. The lowest BCUT2D eigenvalue weighted by Crippen LogP contribution is -2.33. The molecule has 1 aliphatic heterocycles. The van der Waals surface area contributed by atoms with E-state index in [4.69, 9.17) is 16.2 Å². The number of hydrogen-bond acceptors (Lipinski definition) is 4. The van der Waals surface area contributed by atoms with Gasteiger partial charge < -0.3 is 21.1 Å². The van der Waals surface area contributed by atoms with Gasteiger partial charge in [-0.1, -0.05) is 0 Å². The molecule has 2 rings (SSSR count). The number of ether oxygens (including phenoxy) is 1. The van der Waals surface area contributed by atoms with Gasteiger partial charge in [0.25, 0.3) is 5.91 Å². The predicted molar refractivity (Wildman–Crippen MR) is 76.2 cm³/mol. The van der Waals surface area contributed by atoms with E-state index >= 15 is 0 Å². The summed E-state index contributed by atoms with van der Waals surface area (Å²) >= 11 is 0. The zero-order valence-corrected chi connectivity index (χ0v) is 11.3. The van der Waals surface area contributed by atoms with Gasteiger partial charge in [0.1, 0.15) is 0 Å². The number of anilines is 2. The summed E-state index contributed by atoms with van der Waals surface area (Å²) in [7, 11) is 1.98. The molecule has 19 heavy (non-hydrogen) atoms. The van der Waals surface area contributed by atoms with E-state index < -0.39 is 5.91 Å². The molecule has 4 N–H and O–H groups in total. The van der Waals surface area contributed by atoms with Gasteiger partial charge in [0.15, 0.2) is 0 Å². The second-order valence-electron chi connectivity index (χ2n) is 5.00. The molecular formula is C14H21N3O2. The van der Waals surface area contributed by atoms with Crippen LogP contribution in [-0.4, -0.2) is 32.2 Å². The van der Waals surface area contributed by atoms with E-state index in [1.165, 1.54) is 6.42 Å². The smallest absolute Gasteiger partial charge is 0.250 e. The maximum atomic E-state index is 11.3. The molecule has 0 saturated carbocycles. The third-order valence-corrected chi connectivity index (χ3v) is 3.49. The van der Waals surface area contributed by atoms with Crippen molar-refractivity contribution in [1.29, 1.82) is 0 Å². The fourth-order valence-electron chi connectivity index (χ4n) is 2.36. The fraction of sp³-hybridized carbons (Fsp3) is 0.500. The van der Waals surface area contributed by atoms with Crippen LogP contribution in [0.25, 0.3) is 0 Å². The average molecular weight is 263 g/mol. The number of carbonyl (C=O) groups is 1. The third kappa shape index (κ3) is 3.38. The third-order valence-electron chi connectivity index (χ3n) is 3.49. The summed E-state index contributed by atoms with van der Waals surface area (Å²) < 4.78 is 5.71. The highest BCUT2D eigenvalue weighted by Gasteiger charge is 2.17. The minimum Gasteiger partial charge on any atom is -0.398 e. The number of nitrogen functional groups attached to an aromatic ring is 1. The van der Waals surface area contributed by atoms with Gasteiger partial charge in [0.2, 0.25) is 0 Å². The maximum Gasteiger partial charge on any atom is 0.250 e. The van der Waals surface area contributed by atoms with Crippen LogP contribution in [0.15, 0.2) is 18.2 Å². The van der Waals surface area contributed by atoms with Crippen molar-refractivity contribution in [3.05, 3.63) is 23.8 Å². The summed E-state index contributed by atoms with van der Waals surface area (Å²) in [6, 6.07) is 5.35. The van der Waals surface area contributed by atoms with Gasteiger partial charge >= 0.3 is 0 Å². The first-order chi connectivity index (χ1) is 9.08. The highest BCUT2D eigenvalue weighted by Crippen LogP contribution is 2.22. The Balaban J connectivity index is 2.07. The first-order valence-electron chi connectivity index (χ1n) is 6.60. The van der Waals surface area contributed by atoms with Crippen molar-refractivity contribution in [3.8, 4) is 0 Å². The molecule has 0 spiro atoms. The van der Waals surface area contributed by atoms with Crippen LogP contribution < -0.4 is 16.4 Å². The standard InChI is InChI=1S/C14H21N3O2/c1-17(9-11-4-2-3-7-19-11)10-5-6-13(15)12(8-10)14(16)18/h5-6,8,11H,2-4,7,9,15H2,1H3,(H2,16,18). The van der Waals surface area contributed by atoms with Crippen LogP contribution in [-0.2, 0) is 4.74 Å². The molecule has 1 amide bonds. The Labute approximate surface area is 113 Å². The van der Waals surface area contributed by atoms with Gasteiger partial charge in [-0.3, -0.25) is 4.79 Å². The summed E-state index contributed by atoms with van der Waals surface area (Å²) in [6.07, 6.45) is 3.70. The van der Waals surface area contributed by atoms with Crippen LogP contribution in [0, 0.1) is 0 Å². The molecular weight excluding hydrogens is 242 g/mol. The molecule has 1 heterocycles. The zero-order valence-electron chi connectivity index (χ0n) is 11.3. The highest BCUT2D eigenvalue weighted by atomic mass is 16.5. The lowest BCUT2D eigenvalue weighted by molar-refractivity contribution is 0.0216. The summed E-state index contributed by atoms with van der Waals surface area (Å²) in [4.78, 5) is 13.4. The summed E-state index contributed by atoms with van der Waals surface area (Å²) in [6.45, 7) is 1.65. The molecule has 0 bridgehead atoms. The van der Waals surface area contributed by atoms with Crippen LogP contribution in [0.4, 0.5) is 11.4 Å². The summed E-state index contributed by atoms with van der Waals surface area (Å²) in [5, 5.41) is 0. The number of primary amides is 1. The Bertz CT molecular complexity index is 456. The second kappa shape index (κ2) is 5.93. The van der Waals surface area contributed by atoms with Crippen LogP contribution in [0.2, 0.25) is 0 Å². The van der Waals surface area contributed by atoms with Gasteiger partial charge in [-0.2, -0.15) is 0 Å². The van der Waals surface area contributed by atoms with Crippen molar-refractivity contribution < 1.29 is 9.53 Å². The van der Waals surface area contributed by atoms with E-state index in [-0.39, 0.29) is 6.10 Å². The first kappa shape index (κ1) is 13.7. The summed E-state index contributed by atoms with van der Waals surface area (Å²) in [5.41, 5.74) is 12.7. The van der Waals surface area contributed by atoms with Crippen molar-refractivity contribution in [3.63, 3.8) is 0 Å². The molecule has 1 atom stereocenters. The minimum atomic E-state index is -0.498. The zero-order chi connectivity index (χ0) is 13.8. The van der Waals surface area contributed by atoms with E-state index in [1.807, 2.05) is 13.1 Å². The Hall–Kier alpha value is -1.75. The Kier molecular flexibility index (Phi) is 4.27. The minimum absolute atomic E-state index is 0.258. The number of rotatable bonds is 4. The molecule has 0 aliphatic carbocycles. The van der Waals surface area contributed by atoms with E-state index in [0.717, 1.165) is 31.7 Å². The topological polar surface area (TPSA) is 81.6 Å². The Morgan fingerprint density at radius 2 is 2.26 bits per heavy atom. The lowest BCUT2D eigenvalue weighted by Gasteiger charge is -2.29. The van der Waals surface area contributed by atoms with Crippen molar-refractivity contribution in [2.75, 3.05) is 30.8 Å². The number of nitrogens with two attached hydrogens (primary N) is 2. The van der Waals surface area contributed by atoms with E-state index in [0.29, 0.717) is 11.3 Å². The van der Waals surface area contributed by atoms with E-state index in [1.54, 1.807) is 12.1 Å². The van der Waals surface area contributed by atoms with Crippen molar-refractivity contribution >= 4 is 17.3 Å². The fourth-order valence-corrected chi connectivity index (χ4v) is 2.36. The average Bonchev–Trinajstić information content (AvgIpc) is 2.40. The molecule has 1 saturated heterocycles. The van der Waals surface area contributed by atoms with Gasteiger partial charge in [-0.15, -0.1) is 0 Å². The molecule has 104 valence electrons. The molecule has 1 fully saturated rings. The molecule has 1 aromatic rings. The number of likely N-dealkylation sites (N-methyl/N-ethyl adjacent to an activating group) is 1. The number of amides is 1. The SMILES string of the molecule is CN(CC1CCCCO1)c1ccc(N)c(C(N)=O)c1. The molecule has 5 nitrogen and oxygen atoms in total. The number of carbonyl (C=O) groups excluding carboxylic acids is 1. The lowest BCUT2D eigenvalue weighted by atomic mass is 10.1. The normalized spacial score (nSPS) is 19.1. The first-order valence-corrected chi connectivity index (χ1v) is 6.60. The van der Waals surface area contributed by atoms with Crippen LogP contribution in [0.3, 0.4) is 0 Å². The van der Waals surface area contributed by atoms with Crippen molar-refractivity contribution in [1.82, 2.24) is 0 Å². The maximum absolute atomic E-state index is 11.3. The molecule has 0 radical (unpaired) electrons. The monoisotopic (exact) mass is 263 g/mol. The Morgan fingerprint density at radius 3 is 2.89 bits per heavy atom. The second-order valence-corrected chi connectivity index (χ2v) is 5.00. The highest BCUT2D eigenvalue weighted by molar-refractivity contribution is 5.99. The largest absolute Gasteiger partial charge is 0.398 e. The van der Waals surface area contributed by atoms with E-state index in [2.05, 4.69) is 4.90 Å². The molecule has 1 aromatic carbocycles. The number of hydrogen-bond donors (Lipinski definition) is 2. The van der Waals surface area contributed by atoms with Crippen molar-refractivity contribution in [2.45, 2.75) is 25.4 Å². The van der Waals surface area contributed by atoms with Crippen LogP contribution in [0.5, 0.6) is 0 Å². The summed E-state index contributed by atoms with van der Waals surface area (Å²) in [5.74, 6) is -0.498. The quantitative estimate of drug-likeness (QED) is 0.804. The molecule has 1 unspecified atom stereocenters. The van der Waals surface area contributed by atoms with Gasteiger partial charge in [0.05, 0.1) is 11.7 Å². The van der Waals surface area contributed by atoms with Gasteiger partial charge in [-0.05, 0) is 37.5 Å².